The molecule has 0 aliphatic heterocycles. The largest absolute Gasteiger partial charge is 0.308 e. The number of anilines is 3. The van der Waals surface area contributed by atoms with Crippen molar-refractivity contribution in [2.45, 2.75) is 76.0 Å². The van der Waals surface area contributed by atoms with Crippen LogP contribution in [-0.2, 0) is 0 Å². The van der Waals surface area contributed by atoms with Crippen LogP contribution in [0.4, 0.5) is 17.1 Å². The summed E-state index contributed by atoms with van der Waals surface area (Å²) in [4.78, 5) is 2.60. The summed E-state index contributed by atoms with van der Waals surface area (Å²) < 4.78 is 2.70. The second-order valence-electron chi connectivity index (χ2n) is 14.5. The zero-order valence-corrected chi connectivity index (χ0v) is 28.4. The summed E-state index contributed by atoms with van der Waals surface area (Å²) in [5, 5.41) is 11.4. The third-order valence-corrected chi connectivity index (χ3v) is 13.0. The average molecular weight is 640 g/mol. The van der Waals surface area contributed by atoms with E-state index in [-0.39, 0.29) is 0 Å². The van der Waals surface area contributed by atoms with Crippen LogP contribution in [0.5, 0.6) is 0 Å². The topological polar surface area (TPSA) is 3.24 Å². The number of nitrogens with zero attached hydrogens (tertiary/aromatic N) is 1. The first kappa shape index (κ1) is 28.6. The molecular weight excluding hydrogens is 599 g/mol. The summed E-state index contributed by atoms with van der Waals surface area (Å²) in [5.41, 5.74) is 6.94. The van der Waals surface area contributed by atoms with Crippen molar-refractivity contribution in [1.29, 1.82) is 0 Å². The minimum atomic E-state index is 0.595. The molecule has 0 radical (unpaired) electrons. The smallest absolute Gasteiger partial charge is 0.0640 e. The van der Waals surface area contributed by atoms with Crippen LogP contribution in [0.15, 0.2) is 115 Å². The van der Waals surface area contributed by atoms with E-state index in [0.29, 0.717) is 11.8 Å². The third-order valence-electron chi connectivity index (χ3n) is 11.8. The van der Waals surface area contributed by atoms with Gasteiger partial charge in [-0.3, -0.25) is 0 Å². The van der Waals surface area contributed by atoms with E-state index in [1.54, 1.807) is 11.1 Å². The predicted molar refractivity (Wildman–Crippen MR) is 209 cm³/mol. The van der Waals surface area contributed by atoms with Gasteiger partial charge >= 0.3 is 0 Å². The molecule has 0 atom stereocenters. The minimum absolute atomic E-state index is 0.595. The second kappa shape index (κ2) is 11.6. The van der Waals surface area contributed by atoms with Gasteiger partial charge in [0.1, 0.15) is 0 Å². The van der Waals surface area contributed by atoms with Gasteiger partial charge in [-0.2, -0.15) is 0 Å². The summed E-state index contributed by atoms with van der Waals surface area (Å²) in [7, 11) is 0. The summed E-state index contributed by atoms with van der Waals surface area (Å²) >= 11 is 1.93. The quantitative estimate of drug-likeness (QED) is 0.169. The molecule has 7 aromatic carbocycles. The van der Waals surface area contributed by atoms with Gasteiger partial charge in [-0.15, -0.1) is 11.3 Å². The molecule has 0 unspecified atom stereocenters. The minimum Gasteiger partial charge on any atom is -0.308 e. The maximum atomic E-state index is 2.61. The van der Waals surface area contributed by atoms with Gasteiger partial charge in [-0.05, 0) is 106 Å². The molecule has 1 heterocycles. The maximum Gasteiger partial charge on any atom is 0.0640 e. The normalized spacial score (nSPS) is 16.6. The van der Waals surface area contributed by atoms with E-state index in [2.05, 4.69) is 120 Å². The molecule has 1 aromatic heterocycles. The first-order chi connectivity index (χ1) is 23.8. The molecule has 2 aliphatic rings. The summed E-state index contributed by atoms with van der Waals surface area (Å²) in [6.45, 7) is 0. The number of hydrogen-bond acceptors (Lipinski definition) is 2. The molecule has 2 fully saturated rings. The van der Waals surface area contributed by atoms with E-state index >= 15 is 0 Å². The van der Waals surface area contributed by atoms with Crippen molar-refractivity contribution in [3.63, 3.8) is 0 Å². The van der Waals surface area contributed by atoms with Crippen LogP contribution in [0.1, 0.15) is 87.2 Å². The number of thiophene rings is 1. The van der Waals surface area contributed by atoms with Gasteiger partial charge in [0.2, 0.25) is 0 Å². The van der Waals surface area contributed by atoms with Crippen LogP contribution in [-0.4, -0.2) is 0 Å². The standard InChI is InChI=1S/C46H41NS/c1-4-13-30(14-5-1)34-25-23-32-24-26-37-40(31-15-6-2-7-16-31)29-42(39-28-27-36(34)44(32)45(37)39)47(33-17-8-3-9-18-33)41-21-12-20-38-35-19-10-11-22-43(35)48-46(38)41/h3,8-12,17-31H,1-2,4-7,13-16H2. The van der Waals surface area contributed by atoms with Crippen LogP contribution in [0, 0.1) is 0 Å². The lowest BCUT2D eigenvalue weighted by Gasteiger charge is -2.31. The fourth-order valence-electron chi connectivity index (χ4n) is 9.53. The number of fused-ring (bicyclic) bond motifs is 3. The van der Waals surface area contributed by atoms with E-state index in [1.165, 1.54) is 134 Å². The Morgan fingerprint density at radius 2 is 1.10 bits per heavy atom. The van der Waals surface area contributed by atoms with Gasteiger partial charge in [-0.25, -0.2) is 0 Å². The molecule has 0 N–H and O–H groups in total. The zero-order valence-electron chi connectivity index (χ0n) is 27.6. The molecular formula is C46H41NS. The van der Waals surface area contributed by atoms with Crippen molar-refractivity contribution in [2.24, 2.45) is 0 Å². The summed E-state index contributed by atoms with van der Waals surface area (Å²) in [6, 6.07) is 44.3. The Balaban J connectivity index is 1.31. The van der Waals surface area contributed by atoms with Crippen LogP contribution in [0.3, 0.4) is 0 Å². The van der Waals surface area contributed by atoms with Gasteiger partial charge in [0, 0.05) is 26.5 Å². The Morgan fingerprint density at radius 3 is 1.92 bits per heavy atom. The lowest BCUT2D eigenvalue weighted by atomic mass is 9.78. The Bertz CT molecular complexity index is 2420. The lowest BCUT2D eigenvalue weighted by Crippen LogP contribution is -2.13. The van der Waals surface area contributed by atoms with Gasteiger partial charge in [0.25, 0.3) is 0 Å². The SMILES string of the molecule is c1ccc(N(c2cc(C3CCCCC3)c3ccc4ccc(C5CCCCC5)c5ccc2c3c45)c2cccc3c2sc2ccccc23)cc1. The van der Waals surface area contributed by atoms with E-state index in [0.717, 1.165) is 0 Å². The van der Waals surface area contributed by atoms with Crippen molar-refractivity contribution < 1.29 is 0 Å². The Labute approximate surface area is 287 Å². The van der Waals surface area contributed by atoms with Crippen LogP contribution in [0.2, 0.25) is 0 Å². The summed E-state index contributed by atoms with van der Waals surface area (Å²) in [6.07, 6.45) is 13.3. The highest BCUT2D eigenvalue weighted by Crippen LogP contribution is 2.51. The molecule has 236 valence electrons. The number of benzene rings is 7. The molecule has 0 spiro atoms. The van der Waals surface area contributed by atoms with Crippen molar-refractivity contribution in [1.82, 2.24) is 0 Å². The predicted octanol–water partition coefficient (Wildman–Crippen LogP) is 14.5. The van der Waals surface area contributed by atoms with Gasteiger partial charge in [0.15, 0.2) is 0 Å². The highest BCUT2D eigenvalue weighted by molar-refractivity contribution is 7.26. The van der Waals surface area contributed by atoms with E-state index < -0.39 is 0 Å². The first-order valence-corrected chi connectivity index (χ1v) is 19.1. The van der Waals surface area contributed by atoms with Gasteiger partial charge in [0.05, 0.1) is 16.1 Å². The Morgan fingerprint density at radius 1 is 0.458 bits per heavy atom. The summed E-state index contributed by atoms with van der Waals surface area (Å²) in [5.74, 6) is 1.27. The first-order valence-electron chi connectivity index (χ1n) is 18.3. The molecule has 2 saturated carbocycles. The van der Waals surface area contributed by atoms with E-state index in [4.69, 9.17) is 0 Å². The van der Waals surface area contributed by atoms with Crippen molar-refractivity contribution >= 4 is 80.9 Å². The lowest BCUT2D eigenvalue weighted by molar-refractivity contribution is 0.445. The van der Waals surface area contributed by atoms with Crippen molar-refractivity contribution in [2.75, 3.05) is 4.90 Å². The van der Waals surface area contributed by atoms with Gasteiger partial charge in [-0.1, -0.05) is 123 Å². The van der Waals surface area contributed by atoms with Crippen LogP contribution < -0.4 is 4.90 Å². The van der Waals surface area contributed by atoms with E-state index in [1.807, 2.05) is 11.3 Å². The molecule has 0 saturated heterocycles. The molecule has 2 aliphatic carbocycles. The highest BCUT2D eigenvalue weighted by Gasteiger charge is 2.27. The number of rotatable bonds is 5. The van der Waals surface area contributed by atoms with Crippen LogP contribution in [0.25, 0.3) is 52.5 Å². The van der Waals surface area contributed by atoms with Gasteiger partial charge < -0.3 is 4.90 Å². The zero-order chi connectivity index (χ0) is 31.6. The highest BCUT2D eigenvalue weighted by atomic mass is 32.1. The monoisotopic (exact) mass is 639 g/mol. The molecule has 10 rings (SSSR count). The van der Waals surface area contributed by atoms with Crippen molar-refractivity contribution in [3.05, 3.63) is 126 Å². The fourth-order valence-corrected chi connectivity index (χ4v) is 10.7. The van der Waals surface area contributed by atoms with E-state index in [9.17, 15) is 0 Å². The fraction of sp³-hybridized carbons (Fsp3) is 0.261. The molecule has 0 bridgehead atoms. The molecule has 1 nitrogen and oxygen atoms in total. The average Bonchev–Trinajstić information content (AvgIpc) is 3.55. The maximum absolute atomic E-state index is 2.61. The van der Waals surface area contributed by atoms with Crippen molar-refractivity contribution in [3.8, 4) is 0 Å². The molecule has 0 amide bonds. The second-order valence-corrected chi connectivity index (χ2v) is 15.5. The molecule has 2 heteroatoms. The van der Waals surface area contributed by atoms with Crippen LogP contribution >= 0.6 is 11.3 Å². The molecule has 48 heavy (non-hydrogen) atoms. The number of para-hydroxylation sites is 1. The molecule has 8 aromatic rings. The Hall–Kier alpha value is -4.40. The third kappa shape index (κ3) is 4.49. The number of hydrogen-bond donors (Lipinski definition) is 0. The Kier molecular flexibility index (Phi) is 6.93.